The van der Waals surface area contributed by atoms with Crippen molar-refractivity contribution < 1.29 is 4.74 Å². The minimum atomic E-state index is -0.260. The highest BCUT2D eigenvalue weighted by atomic mass is 35.5. The molecule has 1 aromatic rings. The van der Waals surface area contributed by atoms with Gasteiger partial charge in [0.25, 0.3) is 5.56 Å². The second-order valence-corrected chi connectivity index (χ2v) is 5.34. The summed E-state index contributed by atoms with van der Waals surface area (Å²) in [7, 11) is 0. The smallest absolute Gasteiger partial charge is 0.287 e. The van der Waals surface area contributed by atoms with E-state index >= 15 is 0 Å². The molecule has 1 N–H and O–H groups in total. The van der Waals surface area contributed by atoms with Gasteiger partial charge in [0.15, 0.2) is 0 Å². The molecule has 0 aliphatic carbocycles. The molecular weight excluding hydrogens is 266 g/mol. The Morgan fingerprint density at radius 3 is 2.74 bits per heavy atom. The van der Waals surface area contributed by atoms with Crippen LogP contribution in [-0.4, -0.2) is 29.0 Å². The number of hydrogen-bond acceptors (Lipinski definition) is 4. The molecule has 0 aromatic carbocycles. The molecule has 1 unspecified atom stereocenters. The molecule has 0 bridgehead atoms. The number of nitrogens with zero attached hydrogens (tertiary/aromatic N) is 2. The fraction of sp³-hybridized carbons (Fsp3) is 0.692. The summed E-state index contributed by atoms with van der Waals surface area (Å²) in [5.41, 5.74) is 0.294. The van der Waals surface area contributed by atoms with Crippen LogP contribution < -0.4 is 10.9 Å². The summed E-state index contributed by atoms with van der Waals surface area (Å²) < 4.78 is 6.70. The SMILES string of the molecule is CCOCC(C)Nc1cnn(CC(C)C)c(=O)c1Cl. The molecule has 0 aliphatic heterocycles. The van der Waals surface area contributed by atoms with E-state index in [-0.39, 0.29) is 16.6 Å². The predicted molar refractivity (Wildman–Crippen MR) is 77.9 cm³/mol. The number of rotatable bonds is 7. The Morgan fingerprint density at radius 2 is 2.16 bits per heavy atom. The van der Waals surface area contributed by atoms with Gasteiger partial charge in [-0.15, -0.1) is 0 Å². The predicted octanol–water partition coefficient (Wildman–Crippen LogP) is 2.39. The first-order chi connectivity index (χ1) is 8.95. The van der Waals surface area contributed by atoms with Crippen LogP contribution in [0.15, 0.2) is 11.0 Å². The molecule has 1 rings (SSSR count). The van der Waals surface area contributed by atoms with Gasteiger partial charge < -0.3 is 10.1 Å². The lowest BCUT2D eigenvalue weighted by Gasteiger charge is -2.16. The van der Waals surface area contributed by atoms with E-state index < -0.39 is 0 Å². The second kappa shape index (κ2) is 7.50. The van der Waals surface area contributed by atoms with Gasteiger partial charge >= 0.3 is 0 Å². The maximum Gasteiger partial charge on any atom is 0.287 e. The summed E-state index contributed by atoms with van der Waals surface area (Å²) in [6.07, 6.45) is 1.59. The lowest BCUT2D eigenvalue weighted by atomic mass is 10.2. The highest BCUT2D eigenvalue weighted by Crippen LogP contribution is 2.16. The monoisotopic (exact) mass is 287 g/mol. The molecule has 0 saturated carbocycles. The molecule has 0 saturated heterocycles. The molecule has 0 fully saturated rings. The topological polar surface area (TPSA) is 56.1 Å². The molecule has 0 aliphatic rings. The van der Waals surface area contributed by atoms with Crippen molar-refractivity contribution in [3.8, 4) is 0 Å². The minimum absolute atomic E-state index is 0.0691. The maximum absolute atomic E-state index is 12.0. The molecule has 1 heterocycles. The summed E-state index contributed by atoms with van der Waals surface area (Å²) in [5, 5.41) is 7.44. The average Bonchev–Trinajstić information content (AvgIpc) is 2.35. The first kappa shape index (κ1) is 16.0. The van der Waals surface area contributed by atoms with E-state index in [0.717, 1.165) is 0 Å². The second-order valence-electron chi connectivity index (χ2n) is 4.96. The van der Waals surface area contributed by atoms with Crippen LogP contribution in [0.3, 0.4) is 0 Å². The van der Waals surface area contributed by atoms with Crippen molar-refractivity contribution in [2.45, 2.75) is 40.3 Å². The van der Waals surface area contributed by atoms with E-state index in [0.29, 0.717) is 31.4 Å². The lowest BCUT2D eigenvalue weighted by molar-refractivity contribution is 0.141. The first-order valence-electron chi connectivity index (χ1n) is 6.55. The van der Waals surface area contributed by atoms with Crippen molar-refractivity contribution >= 4 is 17.3 Å². The Balaban J connectivity index is 2.81. The van der Waals surface area contributed by atoms with Gasteiger partial charge in [0.2, 0.25) is 0 Å². The van der Waals surface area contributed by atoms with E-state index in [4.69, 9.17) is 16.3 Å². The van der Waals surface area contributed by atoms with Gasteiger partial charge in [-0.05, 0) is 19.8 Å². The van der Waals surface area contributed by atoms with Crippen molar-refractivity contribution in [3.05, 3.63) is 21.6 Å². The molecule has 1 atom stereocenters. The Bertz CT molecular complexity index is 460. The number of hydrogen-bond donors (Lipinski definition) is 1. The third kappa shape index (κ3) is 4.84. The summed E-state index contributed by atoms with van der Waals surface area (Å²) in [6, 6.07) is 0.0691. The van der Waals surface area contributed by atoms with Crippen LogP contribution in [0.5, 0.6) is 0 Å². The molecule has 1 aromatic heterocycles. The average molecular weight is 288 g/mol. The summed E-state index contributed by atoms with van der Waals surface area (Å²) in [6.45, 7) is 9.74. The van der Waals surface area contributed by atoms with Crippen LogP contribution in [0.4, 0.5) is 5.69 Å². The van der Waals surface area contributed by atoms with Crippen molar-refractivity contribution in [2.75, 3.05) is 18.5 Å². The van der Waals surface area contributed by atoms with Crippen LogP contribution in [0.25, 0.3) is 0 Å². The molecule has 5 nitrogen and oxygen atoms in total. The molecule has 108 valence electrons. The number of nitrogens with one attached hydrogen (secondary N) is 1. The van der Waals surface area contributed by atoms with E-state index in [1.54, 1.807) is 6.20 Å². The van der Waals surface area contributed by atoms with Gasteiger partial charge in [-0.2, -0.15) is 5.10 Å². The quantitative estimate of drug-likeness (QED) is 0.837. The molecule has 19 heavy (non-hydrogen) atoms. The molecule has 6 heteroatoms. The van der Waals surface area contributed by atoms with Gasteiger partial charge in [0.1, 0.15) is 5.02 Å². The van der Waals surface area contributed by atoms with E-state index in [1.807, 2.05) is 27.7 Å². The fourth-order valence-electron chi connectivity index (χ4n) is 1.64. The zero-order valence-electron chi connectivity index (χ0n) is 11.9. The maximum atomic E-state index is 12.0. The normalized spacial score (nSPS) is 12.7. The third-order valence-electron chi connectivity index (χ3n) is 2.50. The van der Waals surface area contributed by atoms with Crippen molar-refractivity contribution in [1.82, 2.24) is 9.78 Å². The van der Waals surface area contributed by atoms with Crippen LogP contribution in [-0.2, 0) is 11.3 Å². The number of ether oxygens (including phenoxy) is 1. The van der Waals surface area contributed by atoms with Crippen LogP contribution >= 0.6 is 11.6 Å². The van der Waals surface area contributed by atoms with Crippen LogP contribution in [0, 0.1) is 5.92 Å². The largest absolute Gasteiger partial charge is 0.380 e. The van der Waals surface area contributed by atoms with Crippen molar-refractivity contribution in [3.63, 3.8) is 0 Å². The van der Waals surface area contributed by atoms with E-state index in [2.05, 4.69) is 10.4 Å². The van der Waals surface area contributed by atoms with Gasteiger partial charge in [-0.3, -0.25) is 4.79 Å². The molecule has 0 radical (unpaired) electrons. The van der Waals surface area contributed by atoms with Gasteiger partial charge in [-0.1, -0.05) is 25.4 Å². The zero-order chi connectivity index (χ0) is 14.4. The Hall–Kier alpha value is -1.07. The fourth-order valence-corrected chi connectivity index (χ4v) is 1.84. The Labute approximate surface area is 118 Å². The van der Waals surface area contributed by atoms with Gasteiger partial charge in [-0.25, -0.2) is 4.68 Å². The van der Waals surface area contributed by atoms with Crippen molar-refractivity contribution in [2.24, 2.45) is 5.92 Å². The zero-order valence-corrected chi connectivity index (χ0v) is 12.7. The molecule has 0 spiro atoms. The number of anilines is 1. The van der Waals surface area contributed by atoms with Gasteiger partial charge in [0.05, 0.1) is 18.5 Å². The summed E-state index contributed by atoms with van der Waals surface area (Å²) >= 11 is 6.08. The number of halogens is 1. The molecular formula is C13H22ClN3O2. The van der Waals surface area contributed by atoms with Crippen LogP contribution in [0.2, 0.25) is 5.02 Å². The lowest BCUT2D eigenvalue weighted by Crippen LogP contribution is -2.28. The van der Waals surface area contributed by atoms with E-state index in [1.165, 1.54) is 4.68 Å². The van der Waals surface area contributed by atoms with E-state index in [9.17, 15) is 4.79 Å². The number of aromatic nitrogens is 2. The standard InChI is InChI=1S/C13H22ClN3O2/c1-5-19-8-10(4)16-11-6-15-17(7-9(2)3)13(18)12(11)14/h6,9-10,16H,5,7-8H2,1-4H3. The molecule has 0 amide bonds. The highest BCUT2D eigenvalue weighted by Gasteiger charge is 2.12. The summed E-state index contributed by atoms with van der Waals surface area (Å²) in [5.74, 6) is 0.344. The minimum Gasteiger partial charge on any atom is -0.380 e. The van der Waals surface area contributed by atoms with Crippen LogP contribution in [0.1, 0.15) is 27.7 Å². The Kier molecular flexibility index (Phi) is 6.31. The Morgan fingerprint density at radius 1 is 1.47 bits per heavy atom. The van der Waals surface area contributed by atoms with Crippen molar-refractivity contribution in [1.29, 1.82) is 0 Å². The summed E-state index contributed by atoms with van der Waals surface area (Å²) in [4.78, 5) is 12.0. The third-order valence-corrected chi connectivity index (χ3v) is 2.86. The first-order valence-corrected chi connectivity index (χ1v) is 6.93. The highest BCUT2D eigenvalue weighted by molar-refractivity contribution is 6.32. The van der Waals surface area contributed by atoms with Gasteiger partial charge in [0, 0.05) is 19.2 Å².